The van der Waals surface area contributed by atoms with Crippen LogP contribution >= 0.6 is 0 Å². The highest BCUT2D eigenvalue weighted by Gasteiger charge is 2.45. The Hall–Kier alpha value is -1.32. The lowest BCUT2D eigenvalue weighted by Gasteiger charge is -2.32. The molecule has 19 heavy (non-hydrogen) atoms. The van der Waals surface area contributed by atoms with Crippen LogP contribution < -0.4 is 0 Å². The molecule has 2 rings (SSSR count). The molecule has 1 fully saturated rings. The van der Waals surface area contributed by atoms with Crippen LogP contribution in [0, 0.1) is 19.3 Å². The van der Waals surface area contributed by atoms with Gasteiger partial charge in [-0.25, -0.2) is 0 Å². The molecule has 0 spiro atoms. The quantitative estimate of drug-likeness (QED) is 0.837. The van der Waals surface area contributed by atoms with Crippen LogP contribution in [0.5, 0.6) is 0 Å². The van der Waals surface area contributed by atoms with Gasteiger partial charge in [0.2, 0.25) is 5.91 Å². The van der Waals surface area contributed by atoms with Gasteiger partial charge >= 0.3 is 0 Å². The summed E-state index contributed by atoms with van der Waals surface area (Å²) in [5.74, 6) is 0.145. The van der Waals surface area contributed by atoms with Gasteiger partial charge in [0.1, 0.15) is 6.04 Å². The number of amides is 1. The maximum absolute atomic E-state index is 12.6. The highest BCUT2D eigenvalue weighted by molar-refractivity contribution is 5.80. The van der Waals surface area contributed by atoms with E-state index in [1.807, 2.05) is 43.5 Å². The molecule has 1 heterocycles. The number of carbonyl (C=O) groups excluding carboxylic acids is 1. The van der Waals surface area contributed by atoms with Gasteiger partial charge in [-0.2, -0.15) is 5.10 Å². The van der Waals surface area contributed by atoms with Gasteiger partial charge in [0.15, 0.2) is 0 Å². The fourth-order valence-corrected chi connectivity index (χ4v) is 2.71. The van der Waals surface area contributed by atoms with Crippen molar-refractivity contribution in [1.29, 1.82) is 0 Å². The van der Waals surface area contributed by atoms with Crippen LogP contribution in [0.15, 0.2) is 6.07 Å². The van der Waals surface area contributed by atoms with Crippen molar-refractivity contribution in [3.8, 4) is 0 Å². The molecule has 1 saturated carbocycles. The number of carbonyl (C=O) groups is 1. The summed E-state index contributed by atoms with van der Waals surface area (Å²) in [6.45, 7) is 10.3. The third-order valence-corrected chi connectivity index (χ3v) is 4.74. The predicted molar refractivity (Wildman–Crippen MR) is 76.0 cm³/mol. The fraction of sp³-hybridized carbons (Fsp3) is 0.733. The van der Waals surface area contributed by atoms with Crippen molar-refractivity contribution < 1.29 is 4.79 Å². The van der Waals surface area contributed by atoms with Crippen LogP contribution in [-0.2, 0) is 4.79 Å². The van der Waals surface area contributed by atoms with Crippen molar-refractivity contribution in [2.24, 2.45) is 5.41 Å². The van der Waals surface area contributed by atoms with Crippen LogP contribution in [-0.4, -0.2) is 33.7 Å². The normalized spacial score (nSPS) is 19.9. The van der Waals surface area contributed by atoms with Gasteiger partial charge in [-0.15, -0.1) is 0 Å². The van der Waals surface area contributed by atoms with E-state index in [-0.39, 0.29) is 11.9 Å². The van der Waals surface area contributed by atoms with Gasteiger partial charge in [0.05, 0.1) is 5.69 Å². The Kier molecular flexibility index (Phi) is 3.45. The number of hydrogen-bond acceptors (Lipinski definition) is 2. The van der Waals surface area contributed by atoms with Gasteiger partial charge in [0, 0.05) is 18.8 Å². The number of hydrogen-bond donors (Lipinski definition) is 0. The number of aromatic nitrogens is 2. The first-order valence-electron chi connectivity index (χ1n) is 7.06. The Morgan fingerprint density at radius 2 is 2.00 bits per heavy atom. The average molecular weight is 263 g/mol. The predicted octanol–water partition coefficient (Wildman–Crippen LogP) is 2.71. The summed E-state index contributed by atoms with van der Waals surface area (Å²) in [4.78, 5) is 14.5. The number of rotatable bonds is 4. The smallest absolute Gasteiger partial charge is 0.247 e. The van der Waals surface area contributed by atoms with E-state index >= 15 is 0 Å². The first-order valence-corrected chi connectivity index (χ1v) is 7.06. The van der Waals surface area contributed by atoms with E-state index in [0.29, 0.717) is 11.5 Å². The van der Waals surface area contributed by atoms with Crippen molar-refractivity contribution in [3.05, 3.63) is 17.5 Å². The van der Waals surface area contributed by atoms with Crippen LogP contribution in [0.2, 0.25) is 0 Å². The van der Waals surface area contributed by atoms with E-state index < -0.39 is 0 Å². The lowest BCUT2D eigenvalue weighted by atomic mass is 9.99. The highest BCUT2D eigenvalue weighted by Crippen LogP contribution is 2.49. The Morgan fingerprint density at radius 1 is 1.42 bits per heavy atom. The maximum Gasteiger partial charge on any atom is 0.247 e. The zero-order valence-corrected chi connectivity index (χ0v) is 12.9. The molecule has 1 amide bonds. The molecule has 0 aromatic carbocycles. The minimum atomic E-state index is -0.233. The second kappa shape index (κ2) is 4.66. The van der Waals surface area contributed by atoms with Gasteiger partial charge < -0.3 is 4.90 Å². The first-order chi connectivity index (χ1) is 8.76. The number of aryl methyl sites for hydroxylation is 2. The summed E-state index contributed by atoms with van der Waals surface area (Å²) in [6, 6.07) is 2.07. The molecule has 4 heteroatoms. The third-order valence-electron chi connectivity index (χ3n) is 4.74. The highest BCUT2D eigenvalue weighted by atomic mass is 16.2. The van der Waals surface area contributed by atoms with Crippen LogP contribution in [0.4, 0.5) is 0 Å². The number of likely N-dealkylation sites (N-methyl/N-ethyl adjacent to an activating group) is 1. The van der Waals surface area contributed by atoms with E-state index in [2.05, 4.69) is 18.9 Å². The average Bonchev–Trinajstić information content (AvgIpc) is 3.02. The maximum atomic E-state index is 12.6. The van der Waals surface area contributed by atoms with E-state index in [1.165, 1.54) is 12.8 Å². The Bertz CT molecular complexity index is 488. The van der Waals surface area contributed by atoms with Crippen molar-refractivity contribution in [2.45, 2.75) is 59.5 Å². The molecule has 0 unspecified atom stereocenters. The molecule has 2 atom stereocenters. The standard InChI is InChI=1S/C15H25N3O/c1-10-9-11(2)18(16-10)12(3)14(19)17(6)13(4)15(5)7-8-15/h9,12-13H,7-8H2,1-6H3/t12-,13-/m1/s1. The van der Waals surface area contributed by atoms with Crippen molar-refractivity contribution in [3.63, 3.8) is 0 Å². The SMILES string of the molecule is Cc1cc(C)n([C@H](C)C(=O)N(C)[C@H](C)C2(C)CC2)n1. The van der Waals surface area contributed by atoms with Crippen molar-refractivity contribution in [1.82, 2.24) is 14.7 Å². The monoisotopic (exact) mass is 263 g/mol. The van der Waals surface area contributed by atoms with Crippen LogP contribution in [0.1, 0.15) is 51.0 Å². The number of nitrogens with zero attached hydrogens (tertiary/aromatic N) is 3. The molecule has 4 nitrogen and oxygen atoms in total. The van der Waals surface area contributed by atoms with Crippen LogP contribution in [0.25, 0.3) is 0 Å². The second-order valence-corrected chi connectivity index (χ2v) is 6.33. The van der Waals surface area contributed by atoms with Crippen LogP contribution in [0.3, 0.4) is 0 Å². The molecule has 0 saturated heterocycles. The molecule has 106 valence electrons. The second-order valence-electron chi connectivity index (χ2n) is 6.33. The summed E-state index contributed by atoms with van der Waals surface area (Å²) in [7, 11) is 1.92. The lowest BCUT2D eigenvalue weighted by molar-refractivity contribution is -0.136. The largest absolute Gasteiger partial charge is 0.341 e. The van der Waals surface area contributed by atoms with Gasteiger partial charge in [-0.05, 0) is 52.0 Å². The summed E-state index contributed by atoms with van der Waals surface area (Å²) < 4.78 is 1.83. The third kappa shape index (κ3) is 2.53. The van der Waals surface area contributed by atoms with E-state index in [0.717, 1.165) is 11.4 Å². The molecule has 0 radical (unpaired) electrons. The zero-order valence-electron chi connectivity index (χ0n) is 12.9. The molecule has 1 aliphatic carbocycles. The van der Waals surface area contributed by atoms with Gasteiger partial charge in [-0.1, -0.05) is 6.92 Å². The molecule has 1 aliphatic rings. The topological polar surface area (TPSA) is 38.1 Å². The minimum absolute atomic E-state index is 0.145. The Balaban J connectivity index is 2.12. The van der Waals surface area contributed by atoms with Crippen molar-refractivity contribution >= 4 is 5.91 Å². The summed E-state index contributed by atoms with van der Waals surface area (Å²) in [5.41, 5.74) is 2.32. The van der Waals surface area contributed by atoms with Gasteiger partial charge in [-0.3, -0.25) is 9.48 Å². The minimum Gasteiger partial charge on any atom is -0.341 e. The lowest BCUT2D eigenvalue weighted by Crippen LogP contribution is -2.43. The molecule has 0 N–H and O–H groups in total. The molecule has 0 bridgehead atoms. The first kappa shape index (κ1) is 14.1. The molecule has 1 aromatic heterocycles. The summed E-state index contributed by atoms with van der Waals surface area (Å²) in [5, 5.41) is 4.42. The molecule has 1 aromatic rings. The van der Waals surface area contributed by atoms with Crippen molar-refractivity contribution in [2.75, 3.05) is 7.05 Å². The Morgan fingerprint density at radius 3 is 2.42 bits per heavy atom. The summed E-state index contributed by atoms with van der Waals surface area (Å²) in [6.07, 6.45) is 2.44. The molecule has 0 aliphatic heterocycles. The molecular formula is C15H25N3O. The molecular weight excluding hydrogens is 238 g/mol. The van der Waals surface area contributed by atoms with Gasteiger partial charge in [0.25, 0.3) is 0 Å². The van der Waals surface area contributed by atoms with E-state index in [4.69, 9.17) is 0 Å². The van der Waals surface area contributed by atoms with E-state index in [9.17, 15) is 4.79 Å². The zero-order chi connectivity index (χ0) is 14.4. The summed E-state index contributed by atoms with van der Waals surface area (Å²) >= 11 is 0. The Labute approximate surface area is 115 Å². The van der Waals surface area contributed by atoms with E-state index in [1.54, 1.807) is 0 Å². The fourth-order valence-electron chi connectivity index (χ4n) is 2.71.